The number of hydrogen-bond acceptors (Lipinski definition) is 3. The number of Topliss-reactive ketones (excluding diaryl/α,β-unsaturated/α-hetero) is 1. The maximum atomic E-state index is 14.2. The number of aryl methyl sites for hydroxylation is 1. The summed E-state index contributed by atoms with van der Waals surface area (Å²) >= 11 is 6.14. The number of carbonyl (C=O) groups is 2. The minimum Gasteiger partial charge on any atom is -0.357 e. The number of amides is 1. The number of rotatable bonds is 3. The van der Waals surface area contributed by atoms with Crippen LogP contribution < -0.4 is 10.2 Å². The van der Waals surface area contributed by atoms with Crippen LogP contribution in [-0.2, 0) is 4.79 Å². The van der Waals surface area contributed by atoms with Crippen molar-refractivity contribution in [2.75, 3.05) is 10.2 Å². The molecule has 0 saturated carbocycles. The summed E-state index contributed by atoms with van der Waals surface area (Å²) in [5.74, 6) is -0.0806. The van der Waals surface area contributed by atoms with Gasteiger partial charge in [0.1, 0.15) is 0 Å². The highest BCUT2D eigenvalue weighted by atomic mass is 35.5. The Bertz CT molecular complexity index is 1540. The Hall–Kier alpha value is -4.15. The lowest BCUT2D eigenvalue weighted by Crippen LogP contribution is -2.38. The van der Waals surface area contributed by atoms with Gasteiger partial charge in [-0.1, -0.05) is 83.9 Å². The summed E-state index contributed by atoms with van der Waals surface area (Å²) in [5.41, 5.74) is 6.75. The Labute approximate surface area is 227 Å². The van der Waals surface area contributed by atoms with E-state index in [0.29, 0.717) is 29.0 Å². The van der Waals surface area contributed by atoms with Gasteiger partial charge in [0, 0.05) is 28.3 Å². The average molecular weight is 519 g/mol. The number of nitrogens with zero attached hydrogens (tertiary/aromatic N) is 1. The summed E-state index contributed by atoms with van der Waals surface area (Å²) in [6.45, 7) is 2.04. The Kier molecular flexibility index (Phi) is 6.34. The second kappa shape index (κ2) is 9.96. The highest BCUT2D eigenvalue weighted by molar-refractivity contribution is 6.30. The van der Waals surface area contributed by atoms with E-state index in [9.17, 15) is 9.59 Å². The normalized spacial score (nSPS) is 18.8. The minimum absolute atomic E-state index is 0.0215. The fourth-order valence-electron chi connectivity index (χ4n) is 5.57. The molecule has 1 aliphatic heterocycles. The largest absolute Gasteiger partial charge is 0.357 e. The van der Waals surface area contributed by atoms with Crippen molar-refractivity contribution in [3.05, 3.63) is 142 Å². The van der Waals surface area contributed by atoms with Crippen LogP contribution in [0, 0.1) is 6.92 Å². The van der Waals surface area contributed by atoms with Crippen LogP contribution in [0.3, 0.4) is 0 Å². The molecule has 0 spiro atoms. The first-order chi connectivity index (χ1) is 18.5. The lowest BCUT2D eigenvalue weighted by atomic mass is 9.78. The molecule has 0 radical (unpaired) electrons. The zero-order valence-electron chi connectivity index (χ0n) is 21.0. The van der Waals surface area contributed by atoms with Gasteiger partial charge in [-0.05, 0) is 66.8 Å². The third kappa shape index (κ3) is 4.42. The maximum absolute atomic E-state index is 14.2. The summed E-state index contributed by atoms with van der Waals surface area (Å²) in [6, 6.07) is 32.4. The van der Waals surface area contributed by atoms with Gasteiger partial charge in [0.05, 0.1) is 17.4 Å². The molecule has 38 heavy (non-hydrogen) atoms. The number of halogens is 1. The van der Waals surface area contributed by atoms with Crippen LogP contribution in [0.4, 0.5) is 11.4 Å². The van der Waals surface area contributed by atoms with Crippen molar-refractivity contribution in [2.45, 2.75) is 31.7 Å². The Balaban J connectivity index is 1.55. The molecule has 6 rings (SSSR count). The van der Waals surface area contributed by atoms with E-state index in [2.05, 4.69) is 5.32 Å². The van der Waals surface area contributed by atoms with E-state index in [4.69, 9.17) is 11.6 Å². The number of para-hydroxylation sites is 2. The van der Waals surface area contributed by atoms with E-state index in [1.165, 1.54) is 0 Å². The number of ketones is 1. The monoisotopic (exact) mass is 518 g/mol. The molecule has 1 aliphatic carbocycles. The number of carbonyl (C=O) groups excluding carboxylic acids is 2. The zero-order valence-corrected chi connectivity index (χ0v) is 21.8. The molecular formula is C33H27ClN2O2. The first kappa shape index (κ1) is 24.2. The van der Waals surface area contributed by atoms with Crippen molar-refractivity contribution in [3.8, 4) is 0 Å². The SMILES string of the molecule is Cc1ccc([C@H]2C3=C(C[C@H](c4ccc(Cl)cc4)CC3=O)Nc3ccccc3N2C(=O)c2ccccc2)cc1. The molecule has 1 heterocycles. The number of hydrogen-bond donors (Lipinski definition) is 1. The van der Waals surface area contributed by atoms with Crippen molar-refractivity contribution in [1.29, 1.82) is 0 Å². The van der Waals surface area contributed by atoms with E-state index >= 15 is 0 Å². The van der Waals surface area contributed by atoms with E-state index in [-0.39, 0.29) is 17.6 Å². The molecule has 2 aliphatic rings. The van der Waals surface area contributed by atoms with Gasteiger partial charge in [-0.3, -0.25) is 14.5 Å². The minimum atomic E-state index is -0.562. The molecule has 4 aromatic carbocycles. The second-order valence-electron chi connectivity index (χ2n) is 9.97. The topological polar surface area (TPSA) is 49.4 Å². The van der Waals surface area contributed by atoms with E-state index in [0.717, 1.165) is 33.8 Å². The van der Waals surface area contributed by atoms with Crippen LogP contribution >= 0.6 is 11.6 Å². The Morgan fingerprint density at radius 3 is 2.21 bits per heavy atom. The van der Waals surface area contributed by atoms with Gasteiger partial charge in [0.2, 0.25) is 0 Å². The van der Waals surface area contributed by atoms with E-state index in [1.807, 2.05) is 110 Å². The molecule has 0 bridgehead atoms. The first-order valence-electron chi connectivity index (χ1n) is 12.8. The first-order valence-corrected chi connectivity index (χ1v) is 13.2. The Morgan fingerprint density at radius 1 is 0.816 bits per heavy atom. The van der Waals surface area contributed by atoms with Crippen molar-refractivity contribution in [1.82, 2.24) is 0 Å². The predicted molar refractivity (Wildman–Crippen MR) is 153 cm³/mol. The summed E-state index contributed by atoms with van der Waals surface area (Å²) in [4.78, 5) is 30.1. The zero-order chi connectivity index (χ0) is 26.2. The third-order valence-electron chi connectivity index (χ3n) is 7.46. The molecule has 0 saturated heterocycles. The Morgan fingerprint density at radius 2 is 1.47 bits per heavy atom. The summed E-state index contributed by atoms with van der Waals surface area (Å²) < 4.78 is 0. The number of allylic oxidation sites excluding steroid dienone is 1. The molecule has 0 unspecified atom stereocenters. The van der Waals surface area contributed by atoms with E-state index < -0.39 is 6.04 Å². The molecule has 0 fully saturated rings. The van der Waals surface area contributed by atoms with E-state index in [1.54, 1.807) is 4.90 Å². The van der Waals surface area contributed by atoms with Gasteiger partial charge in [-0.2, -0.15) is 0 Å². The molecule has 4 aromatic rings. The number of benzene rings is 4. The second-order valence-corrected chi connectivity index (χ2v) is 10.4. The number of fused-ring (bicyclic) bond motifs is 1. The van der Waals surface area contributed by atoms with Gasteiger partial charge in [-0.25, -0.2) is 0 Å². The van der Waals surface area contributed by atoms with Crippen molar-refractivity contribution in [2.24, 2.45) is 0 Å². The van der Waals surface area contributed by atoms with Gasteiger partial charge < -0.3 is 5.32 Å². The highest BCUT2D eigenvalue weighted by Gasteiger charge is 2.41. The average Bonchev–Trinajstić information content (AvgIpc) is 3.08. The smallest absolute Gasteiger partial charge is 0.259 e. The van der Waals surface area contributed by atoms with Crippen LogP contribution in [0.2, 0.25) is 5.02 Å². The molecule has 2 atom stereocenters. The lowest BCUT2D eigenvalue weighted by molar-refractivity contribution is -0.116. The van der Waals surface area contributed by atoms with Crippen molar-refractivity contribution in [3.63, 3.8) is 0 Å². The van der Waals surface area contributed by atoms with Gasteiger partial charge in [-0.15, -0.1) is 0 Å². The summed E-state index contributed by atoms with van der Waals surface area (Å²) in [6.07, 6.45) is 1.03. The molecule has 5 heteroatoms. The van der Waals surface area contributed by atoms with Crippen LogP contribution in [-0.4, -0.2) is 11.7 Å². The quantitative estimate of drug-likeness (QED) is 0.300. The fraction of sp³-hybridized carbons (Fsp3) is 0.152. The number of nitrogens with one attached hydrogen (secondary N) is 1. The van der Waals surface area contributed by atoms with Crippen LogP contribution in [0.25, 0.3) is 0 Å². The number of anilines is 2. The highest BCUT2D eigenvalue weighted by Crippen LogP contribution is 2.47. The summed E-state index contributed by atoms with van der Waals surface area (Å²) in [7, 11) is 0. The molecule has 0 aromatic heterocycles. The molecular weight excluding hydrogens is 492 g/mol. The summed E-state index contributed by atoms with van der Waals surface area (Å²) in [5, 5.41) is 4.26. The molecule has 188 valence electrons. The molecule has 4 nitrogen and oxygen atoms in total. The fourth-order valence-corrected chi connectivity index (χ4v) is 5.69. The van der Waals surface area contributed by atoms with Crippen LogP contribution in [0.1, 0.15) is 51.8 Å². The lowest BCUT2D eigenvalue weighted by Gasteiger charge is -2.35. The van der Waals surface area contributed by atoms with Gasteiger partial charge >= 0.3 is 0 Å². The standard InChI is InChI=1S/C33H27ClN2O2/c1-21-11-13-23(14-12-21)32-31-28(19-25(20-30(31)37)22-15-17-26(34)18-16-22)35-27-9-5-6-10-29(27)36(32)33(38)24-7-3-2-4-8-24/h2-18,25,32,35H,19-20H2,1H3/t25-,32-/m0/s1. The van der Waals surface area contributed by atoms with Crippen molar-refractivity contribution >= 4 is 34.7 Å². The third-order valence-corrected chi connectivity index (χ3v) is 7.71. The maximum Gasteiger partial charge on any atom is 0.259 e. The molecule has 1 amide bonds. The van der Waals surface area contributed by atoms with Gasteiger partial charge in [0.25, 0.3) is 5.91 Å². The predicted octanol–water partition coefficient (Wildman–Crippen LogP) is 7.86. The molecule has 1 N–H and O–H groups in total. The van der Waals surface area contributed by atoms with Crippen molar-refractivity contribution < 1.29 is 9.59 Å². The van der Waals surface area contributed by atoms with Gasteiger partial charge in [0.15, 0.2) is 5.78 Å². The van der Waals surface area contributed by atoms with Crippen LogP contribution in [0.15, 0.2) is 114 Å². The van der Waals surface area contributed by atoms with Crippen LogP contribution in [0.5, 0.6) is 0 Å².